The summed E-state index contributed by atoms with van der Waals surface area (Å²) in [5, 5.41) is 5.75. The van der Waals surface area contributed by atoms with E-state index in [1.54, 1.807) is 11.3 Å². The number of carbonyl (C=O) groups is 1. The van der Waals surface area contributed by atoms with Gasteiger partial charge in [-0.15, -0.1) is 11.3 Å². The monoisotopic (exact) mass is 234 g/mol. The number of rotatable bonds is 3. The standard InChI is InChI=1S/C12H14N2OS/c15-11(9-3-1-2-4-9)14-12-13-10(7-16-12)8-5-6-8/h1-2,7-9H,3-6H2,(H,13,14,15). The fraction of sp³-hybridized carbons (Fsp3) is 0.500. The van der Waals surface area contributed by atoms with Gasteiger partial charge in [0, 0.05) is 17.2 Å². The summed E-state index contributed by atoms with van der Waals surface area (Å²) in [4.78, 5) is 16.3. The molecular weight excluding hydrogens is 220 g/mol. The number of anilines is 1. The molecule has 1 saturated carbocycles. The van der Waals surface area contributed by atoms with Crippen molar-refractivity contribution in [3.05, 3.63) is 23.2 Å². The van der Waals surface area contributed by atoms with E-state index in [1.807, 2.05) is 0 Å². The Balaban J connectivity index is 1.61. The van der Waals surface area contributed by atoms with E-state index in [0.717, 1.165) is 23.7 Å². The third-order valence-electron chi connectivity index (χ3n) is 3.13. The number of hydrogen-bond donors (Lipinski definition) is 1. The molecule has 0 atom stereocenters. The van der Waals surface area contributed by atoms with Crippen LogP contribution >= 0.6 is 11.3 Å². The van der Waals surface area contributed by atoms with Crippen LogP contribution in [0.2, 0.25) is 0 Å². The Labute approximate surface area is 98.6 Å². The Kier molecular flexibility index (Phi) is 2.52. The van der Waals surface area contributed by atoms with Gasteiger partial charge in [-0.25, -0.2) is 4.98 Å². The number of nitrogens with one attached hydrogen (secondary N) is 1. The molecule has 1 fully saturated rings. The van der Waals surface area contributed by atoms with Crippen LogP contribution in [0.4, 0.5) is 5.13 Å². The fourth-order valence-electron chi connectivity index (χ4n) is 1.95. The van der Waals surface area contributed by atoms with Crippen molar-refractivity contribution in [2.75, 3.05) is 5.32 Å². The molecule has 1 aromatic heterocycles. The van der Waals surface area contributed by atoms with Crippen LogP contribution in [-0.4, -0.2) is 10.9 Å². The SMILES string of the molecule is O=C(Nc1nc(C2CC2)cs1)C1CC=CC1. The summed E-state index contributed by atoms with van der Waals surface area (Å²) in [6.45, 7) is 0. The molecule has 0 bridgehead atoms. The molecule has 0 aromatic carbocycles. The van der Waals surface area contributed by atoms with Gasteiger partial charge in [-0.2, -0.15) is 0 Å². The number of nitrogens with zero attached hydrogens (tertiary/aromatic N) is 1. The molecule has 0 unspecified atom stereocenters. The molecular formula is C12H14N2OS. The third-order valence-corrected chi connectivity index (χ3v) is 3.90. The van der Waals surface area contributed by atoms with Crippen LogP contribution in [0.3, 0.4) is 0 Å². The molecule has 2 aliphatic rings. The van der Waals surface area contributed by atoms with E-state index in [9.17, 15) is 4.79 Å². The molecule has 1 aromatic rings. The Hall–Kier alpha value is -1.16. The number of amides is 1. The topological polar surface area (TPSA) is 42.0 Å². The first-order valence-electron chi connectivity index (χ1n) is 5.74. The van der Waals surface area contributed by atoms with Gasteiger partial charge in [0.25, 0.3) is 0 Å². The van der Waals surface area contributed by atoms with Crippen LogP contribution in [0.25, 0.3) is 0 Å². The Morgan fingerprint density at radius 1 is 1.38 bits per heavy atom. The summed E-state index contributed by atoms with van der Waals surface area (Å²) in [5.41, 5.74) is 1.16. The summed E-state index contributed by atoms with van der Waals surface area (Å²) in [6.07, 6.45) is 8.39. The summed E-state index contributed by atoms with van der Waals surface area (Å²) >= 11 is 1.54. The minimum Gasteiger partial charge on any atom is -0.302 e. The maximum Gasteiger partial charge on any atom is 0.229 e. The first kappa shape index (κ1) is 10.0. The molecule has 4 heteroatoms. The first-order chi connectivity index (χ1) is 7.83. The summed E-state index contributed by atoms with van der Waals surface area (Å²) in [5.74, 6) is 0.894. The van der Waals surface area contributed by atoms with Crippen molar-refractivity contribution in [1.29, 1.82) is 0 Å². The molecule has 3 nitrogen and oxygen atoms in total. The van der Waals surface area contributed by atoms with Crippen molar-refractivity contribution in [3.8, 4) is 0 Å². The largest absolute Gasteiger partial charge is 0.302 e. The van der Waals surface area contributed by atoms with Crippen molar-refractivity contribution < 1.29 is 4.79 Å². The van der Waals surface area contributed by atoms with Crippen molar-refractivity contribution >= 4 is 22.4 Å². The molecule has 1 N–H and O–H groups in total. The molecule has 0 radical (unpaired) electrons. The van der Waals surface area contributed by atoms with E-state index in [1.165, 1.54) is 12.8 Å². The van der Waals surface area contributed by atoms with Crippen molar-refractivity contribution in [3.63, 3.8) is 0 Å². The second kappa shape index (κ2) is 4.01. The maximum atomic E-state index is 11.8. The van der Waals surface area contributed by atoms with Crippen LogP contribution in [0, 0.1) is 5.92 Å². The molecule has 2 aliphatic carbocycles. The average molecular weight is 234 g/mol. The van der Waals surface area contributed by atoms with Crippen LogP contribution in [0.15, 0.2) is 17.5 Å². The molecule has 16 heavy (non-hydrogen) atoms. The predicted molar refractivity (Wildman–Crippen MR) is 64.6 cm³/mol. The second-order valence-corrected chi connectivity index (χ2v) is 5.34. The highest BCUT2D eigenvalue weighted by atomic mass is 32.1. The van der Waals surface area contributed by atoms with Gasteiger partial charge in [0.05, 0.1) is 5.69 Å². The fourth-order valence-corrected chi connectivity index (χ4v) is 2.74. The summed E-state index contributed by atoms with van der Waals surface area (Å²) in [7, 11) is 0. The van der Waals surface area contributed by atoms with Crippen molar-refractivity contribution in [1.82, 2.24) is 4.98 Å². The van der Waals surface area contributed by atoms with E-state index >= 15 is 0 Å². The van der Waals surface area contributed by atoms with Crippen LogP contribution in [0.1, 0.15) is 37.3 Å². The van der Waals surface area contributed by atoms with Gasteiger partial charge < -0.3 is 5.32 Å². The van der Waals surface area contributed by atoms with Gasteiger partial charge >= 0.3 is 0 Å². The normalized spacial score (nSPS) is 20.2. The molecule has 3 rings (SSSR count). The number of aromatic nitrogens is 1. The maximum absolute atomic E-state index is 11.8. The number of carbonyl (C=O) groups excluding carboxylic acids is 1. The van der Waals surface area contributed by atoms with Gasteiger partial charge in [-0.3, -0.25) is 4.79 Å². The second-order valence-electron chi connectivity index (χ2n) is 4.48. The molecule has 84 valence electrons. The predicted octanol–water partition coefficient (Wildman–Crippen LogP) is 2.93. The average Bonchev–Trinajstić information content (AvgIpc) is 2.82. The Morgan fingerprint density at radius 2 is 2.12 bits per heavy atom. The van der Waals surface area contributed by atoms with Crippen molar-refractivity contribution in [2.24, 2.45) is 5.92 Å². The summed E-state index contributed by atoms with van der Waals surface area (Å²) < 4.78 is 0. The third kappa shape index (κ3) is 2.02. The van der Waals surface area contributed by atoms with Gasteiger partial charge in [0.15, 0.2) is 5.13 Å². The van der Waals surface area contributed by atoms with E-state index in [0.29, 0.717) is 5.92 Å². The molecule has 0 saturated heterocycles. The van der Waals surface area contributed by atoms with E-state index in [-0.39, 0.29) is 11.8 Å². The van der Waals surface area contributed by atoms with E-state index < -0.39 is 0 Å². The smallest absolute Gasteiger partial charge is 0.229 e. The lowest BCUT2D eigenvalue weighted by Crippen LogP contribution is -2.20. The molecule has 0 spiro atoms. The van der Waals surface area contributed by atoms with Gasteiger partial charge in [0.2, 0.25) is 5.91 Å². The molecule has 1 amide bonds. The Morgan fingerprint density at radius 3 is 2.81 bits per heavy atom. The van der Waals surface area contributed by atoms with Gasteiger partial charge in [-0.1, -0.05) is 12.2 Å². The summed E-state index contributed by atoms with van der Waals surface area (Å²) in [6, 6.07) is 0. The lowest BCUT2D eigenvalue weighted by Gasteiger charge is -2.07. The van der Waals surface area contributed by atoms with Gasteiger partial charge in [-0.05, 0) is 25.7 Å². The van der Waals surface area contributed by atoms with Crippen molar-refractivity contribution in [2.45, 2.75) is 31.6 Å². The highest BCUT2D eigenvalue weighted by molar-refractivity contribution is 7.13. The number of allylic oxidation sites excluding steroid dienone is 2. The number of thiazole rings is 1. The number of hydrogen-bond acceptors (Lipinski definition) is 3. The Bertz CT molecular complexity index is 426. The first-order valence-corrected chi connectivity index (χ1v) is 6.62. The lowest BCUT2D eigenvalue weighted by atomic mass is 10.1. The lowest BCUT2D eigenvalue weighted by molar-refractivity contribution is -0.119. The quantitative estimate of drug-likeness (QED) is 0.817. The highest BCUT2D eigenvalue weighted by Gasteiger charge is 2.27. The van der Waals surface area contributed by atoms with Crippen LogP contribution in [0.5, 0.6) is 0 Å². The molecule has 1 heterocycles. The van der Waals surface area contributed by atoms with Gasteiger partial charge in [0.1, 0.15) is 0 Å². The zero-order valence-corrected chi connectivity index (χ0v) is 9.80. The minimum absolute atomic E-state index is 0.113. The zero-order chi connectivity index (χ0) is 11.0. The van der Waals surface area contributed by atoms with Crippen LogP contribution < -0.4 is 5.32 Å². The zero-order valence-electron chi connectivity index (χ0n) is 8.98. The van der Waals surface area contributed by atoms with E-state index in [4.69, 9.17) is 0 Å². The molecule has 0 aliphatic heterocycles. The highest BCUT2D eigenvalue weighted by Crippen LogP contribution is 2.40. The van der Waals surface area contributed by atoms with Crippen LogP contribution in [-0.2, 0) is 4.79 Å². The minimum atomic E-state index is 0.113. The van der Waals surface area contributed by atoms with E-state index in [2.05, 4.69) is 27.8 Å².